The monoisotopic (exact) mass is 329 g/mol. The van der Waals surface area contributed by atoms with Crippen LogP contribution in [0.25, 0.3) is 0 Å². The Labute approximate surface area is 141 Å². The lowest BCUT2D eigenvalue weighted by molar-refractivity contribution is 0.0990. The molecule has 128 valence electrons. The second kappa shape index (κ2) is 6.60. The number of hydrogen-bond donors (Lipinski definition) is 2. The normalized spacial score (nSPS) is 17.5. The Morgan fingerprint density at radius 2 is 2.21 bits per heavy atom. The third-order valence-electron chi connectivity index (χ3n) is 4.42. The number of amides is 1. The summed E-state index contributed by atoms with van der Waals surface area (Å²) in [6.07, 6.45) is 2.77. The molecule has 0 radical (unpaired) electrons. The zero-order valence-corrected chi connectivity index (χ0v) is 14.3. The molecule has 24 heavy (non-hydrogen) atoms. The third-order valence-corrected chi connectivity index (χ3v) is 4.42. The maximum Gasteiger partial charge on any atom is 0.286 e. The van der Waals surface area contributed by atoms with Crippen LogP contribution in [-0.4, -0.2) is 35.0 Å². The summed E-state index contributed by atoms with van der Waals surface area (Å²) in [6, 6.07) is 2.39. The lowest BCUT2D eigenvalue weighted by atomic mass is 10.2. The van der Waals surface area contributed by atoms with E-state index < -0.39 is 5.91 Å². The van der Waals surface area contributed by atoms with Gasteiger partial charge < -0.3 is 20.4 Å². The summed E-state index contributed by atoms with van der Waals surface area (Å²) >= 11 is 0. The zero-order valence-electron chi connectivity index (χ0n) is 14.3. The quantitative estimate of drug-likeness (QED) is 0.862. The summed E-state index contributed by atoms with van der Waals surface area (Å²) in [5, 5.41) is 3.51. The molecular weight excluding hydrogens is 306 g/mol. The molecule has 0 spiro atoms. The summed E-state index contributed by atoms with van der Waals surface area (Å²) < 4.78 is 5.46. The fourth-order valence-electron chi connectivity index (χ4n) is 2.98. The lowest BCUT2D eigenvalue weighted by Crippen LogP contribution is -2.33. The predicted octanol–water partition coefficient (Wildman–Crippen LogP) is 1.46. The molecule has 0 aromatic carbocycles. The van der Waals surface area contributed by atoms with Gasteiger partial charge in [0.2, 0.25) is 5.82 Å². The summed E-state index contributed by atoms with van der Waals surface area (Å²) in [5.41, 5.74) is 8.24. The number of hydrogen-bond acceptors (Lipinski definition) is 6. The number of carbonyl (C=O) groups excluding carboxylic acids is 1. The Morgan fingerprint density at radius 1 is 1.42 bits per heavy atom. The maximum atomic E-state index is 11.4. The lowest BCUT2D eigenvalue weighted by Gasteiger charge is -2.21. The van der Waals surface area contributed by atoms with Crippen molar-refractivity contribution in [2.45, 2.75) is 39.8 Å². The molecule has 1 aliphatic heterocycles. The van der Waals surface area contributed by atoms with E-state index in [1.54, 1.807) is 6.26 Å². The first-order valence-electron chi connectivity index (χ1n) is 8.11. The van der Waals surface area contributed by atoms with Gasteiger partial charge >= 0.3 is 0 Å². The molecule has 2 aromatic rings. The summed E-state index contributed by atoms with van der Waals surface area (Å²) in [7, 11) is 0. The molecule has 2 aromatic heterocycles. The third kappa shape index (κ3) is 3.41. The van der Waals surface area contributed by atoms with Gasteiger partial charge in [-0.3, -0.25) is 4.79 Å². The van der Waals surface area contributed by atoms with Crippen molar-refractivity contribution in [2.24, 2.45) is 5.73 Å². The second-order valence-electron chi connectivity index (χ2n) is 6.35. The minimum atomic E-state index is -0.596. The van der Waals surface area contributed by atoms with Crippen molar-refractivity contribution in [1.82, 2.24) is 15.3 Å². The molecule has 0 unspecified atom stereocenters. The molecule has 1 aliphatic rings. The van der Waals surface area contributed by atoms with E-state index in [1.807, 2.05) is 26.8 Å². The van der Waals surface area contributed by atoms with Crippen LogP contribution in [0.3, 0.4) is 0 Å². The number of furan rings is 1. The van der Waals surface area contributed by atoms with Gasteiger partial charge in [0.15, 0.2) is 0 Å². The van der Waals surface area contributed by atoms with Crippen LogP contribution in [0.1, 0.15) is 39.6 Å². The first-order valence-corrected chi connectivity index (χ1v) is 8.11. The Morgan fingerprint density at radius 3 is 2.88 bits per heavy atom. The summed E-state index contributed by atoms with van der Waals surface area (Å²) in [6.45, 7) is 8.28. The van der Waals surface area contributed by atoms with Crippen molar-refractivity contribution < 1.29 is 9.21 Å². The molecule has 0 aliphatic carbocycles. The van der Waals surface area contributed by atoms with Crippen LogP contribution in [0.5, 0.6) is 0 Å². The molecule has 1 amide bonds. The standard InChI is InChI=1S/C17H23N5O2/c1-10-6-14(24-9-10)7-19-13-4-5-22(8-13)17-11(2)12(3)20-16(21-17)15(18)23/h6,9,13,19H,4-5,7-8H2,1-3H3,(H2,18,23)/t13-/m1/s1. The first-order chi connectivity index (χ1) is 11.4. The average molecular weight is 329 g/mol. The van der Waals surface area contributed by atoms with Crippen LogP contribution in [0.4, 0.5) is 5.82 Å². The number of primary amides is 1. The number of anilines is 1. The predicted molar refractivity (Wildman–Crippen MR) is 90.9 cm³/mol. The van der Waals surface area contributed by atoms with E-state index in [-0.39, 0.29) is 5.82 Å². The molecular formula is C17H23N5O2. The van der Waals surface area contributed by atoms with E-state index >= 15 is 0 Å². The highest BCUT2D eigenvalue weighted by Crippen LogP contribution is 2.24. The summed E-state index contributed by atoms with van der Waals surface area (Å²) in [5.74, 6) is 1.22. The van der Waals surface area contributed by atoms with E-state index in [9.17, 15) is 4.79 Å². The molecule has 1 saturated heterocycles. The highest BCUT2D eigenvalue weighted by Gasteiger charge is 2.26. The number of rotatable bonds is 5. The molecule has 7 nitrogen and oxygen atoms in total. The number of aromatic nitrogens is 2. The fraction of sp³-hybridized carbons (Fsp3) is 0.471. The highest BCUT2D eigenvalue weighted by atomic mass is 16.3. The van der Waals surface area contributed by atoms with Crippen molar-refractivity contribution in [2.75, 3.05) is 18.0 Å². The topological polar surface area (TPSA) is 97.3 Å². The minimum absolute atomic E-state index is 0.0792. The van der Waals surface area contributed by atoms with Gasteiger partial charge in [0.05, 0.1) is 12.8 Å². The SMILES string of the molecule is Cc1coc(CN[C@@H]2CCN(c3nc(C(N)=O)nc(C)c3C)C2)c1. The van der Waals surface area contributed by atoms with Crippen molar-refractivity contribution in [3.05, 3.63) is 40.7 Å². The molecule has 0 bridgehead atoms. The number of nitrogens with zero attached hydrogens (tertiary/aromatic N) is 3. The van der Waals surface area contributed by atoms with Gasteiger partial charge in [-0.25, -0.2) is 9.97 Å². The van der Waals surface area contributed by atoms with Crippen molar-refractivity contribution >= 4 is 11.7 Å². The van der Waals surface area contributed by atoms with Gasteiger partial charge in [-0.2, -0.15) is 0 Å². The van der Waals surface area contributed by atoms with Gasteiger partial charge in [-0.05, 0) is 38.8 Å². The van der Waals surface area contributed by atoms with Crippen LogP contribution < -0.4 is 16.0 Å². The van der Waals surface area contributed by atoms with E-state index in [0.717, 1.165) is 47.9 Å². The average Bonchev–Trinajstić information content (AvgIpc) is 3.16. The Hall–Kier alpha value is -2.41. The number of nitrogens with two attached hydrogens (primary N) is 1. The number of nitrogens with one attached hydrogen (secondary N) is 1. The Bertz CT molecular complexity index is 755. The van der Waals surface area contributed by atoms with Gasteiger partial charge in [0.25, 0.3) is 5.91 Å². The maximum absolute atomic E-state index is 11.4. The first kappa shape index (κ1) is 16.4. The van der Waals surface area contributed by atoms with Gasteiger partial charge in [-0.1, -0.05) is 0 Å². The number of carbonyl (C=O) groups is 1. The van der Waals surface area contributed by atoms with Crippen molar-refractivity contribution in [3.8, 4) is 0 Å². The van der Waals surface area contributed by atoms with Crippen LogP contribution in [0, 0.1) is 20.8 Å². The molecule has 3 rings (SSSR count). The molecule has 7 heteroatoms. The van der Waals surface area contributed by atoms with Crippen LogP contribution >= 0.6 is 0 Å². The van der Waals surface area contributed by atoms with Crippen LogP contribution in [0.2, 0.25) is 0 Å². The molecule has 1 fully saturated rings. The molecule has 0 saturated carbocycles. The Kier molecular flexibility index (Phi) is 4.53. The van der Waals surface area contributed by atoms with E-state index in [1.165, 1.54) is 0 Å². The van der Waals surface area contributed by atoms with Crippen molar-refractivity contribution in [3.63, 3.8) is 0 Å². The zero-order chi connectivity index (χ0) is 17.3. The molecule has 1 atom stereocenters. The Balaban J connectivity index is 1.68. The highest BCUT2D eigenvalue weighted by molar-refractivity contribution is 5.89. The van der Waals surface area contributed by atoms with E-state index in [4.69, 9.17) is 10.2 Å². The van der Waals surface area contributed by atoms with E-state index in [2.05, 4.69) is 20.2 Å². The van der Waals surface area contributed by atoms with E-state index in [0.29, 0.717) is 12.6 Å². The largest absolute Gasteiger partial charge is 0.468 e. The van der Waals surface area contributed by atoms with Gasteiger partial charge in [0.1, 0.15) is 11.6 Å². The smallest absolute Gasteiger partial charge is 0.286 e. The minimum Gasteiger partial charge on any atom is -0.468 e. The fourth-order valence-corrected chi connectivity index (χ4v) is 2.98. The van der Waals surface area contributed by atoms with Gasteiger partial charge in [-0.15, -0.1) is 0 Å². The van der Waals surface area contributed by atoms with Crippen LogP contribution in [-0.2, 0) is 6.54 Å². The summed E-state index contributed by atoms with van der Waals surface area (Å²) in [4.78, 5) is 22.1. The van der Waals surface area contributed by atoms with Crippen LogP contribution in [0.15, 0.2) is 16.7 Å². The second-order valence-corrected chi connectivity index (χ2v) is 6.35. The number of aryl methyl sites for hydroxylation is 2. The van der Waals surface area contributed by atoms with Crippen molar-refractivity contribution in [1.29, 1.82) is 0 Å². The molecule has 3 heterocycles. The van der Waals surface area contributed by atoms with Gasteiger partial charge in [0, 0.05) is 30.4 Å². The molecule has 3 N–H and O–H groups in total.